The summed E-state index contributed by atoms with van der Waals surface area (Å²) in [5.41, 5.74) is -0.627. The van der Waals surface area contributed by atoms with E-state index in [0.717, 1.165) is 6.07 Å². The maximum atomic E-state index is 13.5. The van der Waals surface area contributed by atoms with Crippen molar-refractivity contribution in [1.82, 2.24) is 0 Å². The summed E-state index contributed by atoms with van der Waals surface area (Å²) in [5, 5.41) is 19.8. The van der Waals surface area contributed by atoms with Gasteiger partial charge < -0.3 is 9.84 Å². The van der Waals surface area contributed by atoms with Gasteiger partial charge in [0, 0.05) is 6.07 Å². The highest BCUT2D eigenvalue weighted by molar-refractivity contribution is 5.89. The predicted molar refractivity (Wildman–Crippen MR) is 71.3 cm³/mol. The number of rotatable bonds is 4. The maximum absolute atomic E-state index is 13.5. The minimum absolute atomic E-state index is 0.323. The predicted octanol–water partition coefficient (Wildman–Crippen LogP) is 3.53. The van der Waals surface area contributed by atoms with Crippen LogP contribution >= 0.6 is 0 Å². The van der Waals surface area contributed by atoms with Crippen LogP contribution in [0, 0.1) is 22.9 Å². The molecule has 0 saturated carbocycles. The number of aryl methyl sites for hydroxylation is 1. The summed E-state index contributed by atoms with van der Waals surface area (Å²) in [6.07, 6.45) is 0. The van der Waals surface area contributed by atoms with Crippen LogP contribution in [0.4, 0.5) is 10.1 Å². The van der Waals surface area contributed by atoms with Crippen LogP contribution in [0.1, 0.15) is 15.9 Å². The lowest BCUT2D eigenvalue weighted by molar-refractivity contribution is -0.385. The van der Waals surface area contributed by atoms with Gasteiger partial charge in [-0.05, 0) is 18.6 Å². The molecule has 0 saturated heterocycles. The van der Waals surface area contributed by atoms with E-state index in [9.17, 15) is 19.3 Å². The Labute approximate surface area is 118 Å². The monoisotopic (exact) mass is 291 g/mol. The van der Waals surface area contributed by atoms with Crippen molar-refractivity contribution in [1.29, 1.82) is 0 Å². The average molecular weight is 291 g/mol. The van der Waals surface area contributed by atoms with E-state index in [4.69, 9.17) is 9.84 Å². The number of carboxylic acid groups (broad SMARTS) is 1. The SMILES string of the molecule is Cc1ccccc1Oc1cc(C(=O)O)c(F)cc1[N+](=O)[O-]. The van der Waals surface area contributed by atoms with Crippen LogP contribution in [0.2, 0.25) is 0 Å². The van der Waals surface area contributed by atoms with Gasteiger partial charge in [0.15, 0.2) is 0 Å². The average Bonchev–Trinajstić information content (AvgIpc) is 2.42. The van der Waals surface area contributed by atoms with E-state index in [0.29, 0.717) is 17.4 Å². The lowest BCUT2D eigenvalue weighted by Crippen LogP contribution is -2.04. The van der Waals surface area contributed by atoms with Crippen LogP contribution < -0.4 is 4.74 Å². The molecule has 2 rings (SSSR count). The van der Waals surface area contributed by atoms with Crippen molar-refractivity contribution >= 4 is 11.7 Å². The van der Waals surface area contributed by atoms with Gasteiger partial charge in [0.05, 0.1) is 16.6 Å². The number of nitro groups is 1. The van der Waals surface area contributed by atoms with E-state index >= 15 is 0 Å². The van der Waals surface area contributed by atoms with Crippen LogP contribution in [-0.4, -0.2) is 16.0 Å². The van der Waals surface area contributed by atoms with Crippen LogP contribution in [0.25, 0.3) is 0 Å². The molecule has 0 heterocycles. The zero-order valence-electron chi connectivity index (χ0n) is 10.9. The molecule has 7 heteroatoms. The Kier molecular flexibility index (Phi) is 3.84. The lowest BCUT2D eigenvalue weighted by atomic mass is 10.1. The van der Waals surface area contributed by atoms with Gasteiger partial charge in [-0.2, -0.15) is 0 Å². The second-order valence-corrected chi connectivity index (χ2v) is 4.23. The first-order valence-corrected chi connectivity index (χ1v) is 5.85. The fourth-order valence-electron chi connectivity index (χ4n) is 1.72. The highest BCUT2D eigenvalue weighted by Crippen LogP contribution is 2.34. The Morgan fingerprint density at radius 3 is 2.52 bits per heavy atom. The summed E-state index contributed by atoms with van der Waals surface area (Å²) in [7, 11) is 0. The zero-order valence-corrected chi connectivity index (χ0v) is 10.9. The normalized spacial score (nSPS) is 10.2. The minimum atomic E-state index is -1.53. The van der Waals surface area contributed by atoms with Crippen molar-refractivity contribution in [3.05, 3.63) is 63.5 Å². The second kappa shape index (κ2) is 5.58. The number of carbonyl (C=O) groups is 1. The summed E-state index contributed by atoms with van der Waals surface area (Å²) in [5.74, 6) is -2.72. The highest BCUT2D eigenvalue weighted by atomic mass is 19.1. The molecule has 108 valence electrons. The molecular formula is C14H10FNO5. The summed E-state index contributed by atoms with van der Waals surface area (Å²) in [6.45, 7) is 1.72. The Balaban J connectivity index is 2.55. The van der Waals surface area contributed by atoms with Gasteiger partial charge in [-0.25, -0.2) is 9.18 Å². The largest absolute Gasteiger partial charge is 0.478 e. The molecule has 1 N–H and O–H groups in total. The number of halogens is 1. The third-order valence-electron chi connectivity index (χ3n) is 2.79. The number of nitro benzene ring substituents is 1. The van der Waals surface area contributed by atoms with E-state index in [2.05, 4.69) is 0 Å². The van der Waals surface area contributed by atoms with E-state index in [1.54, 1.807) is 31.2 Å². The van der Waals surface area contributed by atoms with E-state index in [1.807, 2.05) is 0 Å². The van der Waals surface area contributed by atoms with Crippen molar-refractivity contribution < 1.29 is 24.0 Å². The summed E-state index contributed by atoms with van der Waals surface area (Å²) in [4.78, 5) is 21.0. The van der Waals surface area contributed by atoms with Crippen LogP contribution in [-0.2, 0) is 0 Å². The van der Waals surface area contributed by atoms with E-state index in [-0.39, 0.29) is 5.75 Å². The molecule has 0 bridgehead atoms. The number of hydrogen-bond acceptors (Lipinski definition) is 4. The summed E-state index contributed by atoms with van der Waals surface area (Å²) in [6, 6.07) is 8.06. The molecule has 21 heavy (non-hydrogen) atoms. The highest BCUT2D eigenvalue weighted by Gasteiger charge is 2.23. The van der Waals surface area contributed by atoms with Gasteiger partial charge in [-0.1, -0.05) is 18.2 Å². The van der Waals surface area contributed by atoms with Crippen LogP contribution in [0.15, 0.2) is 36.4 Å². The fourth-order valence-corrected chi connectivity index (χ4v) is 1.72. The second-order valence-electron chi connectivity index (χ2n) is 4.23. The quantitative estimate of drug-likeness (QED) is 0.687. The molecule has 0 amide bonds. The Bertz CT molecular complexity index is 729. The molecule has 6 nitrogen and oxygen atoms in total. The minimum Gasteiger partial charge on any atom is -0.478 e. The topological polar surface area (TPSA) is 89.7 Å². The molecule has 0 unspecified atom stereocenters. The Morgan fingerprint density at radius 2 is 1.95 bits per heavy atom. The molecule has 0 spiro atoms. The van der Waals surface area contributed by atoms with Crippen molar-refractivity contribution in [2.24, 2.45) is 0 Å². The molecule has 0 aliphatic rings. The molecule has 2 aromatic rings. The van der Waals surface area contributed by atoms with Crippen LogP contribution in [0.3, 0.4) is 0 Å². The van der Waals surface area contributed by atoms with E-state index < -0.39 is 28.0 Å². The number of hydrogen-bond donors (Lipinski definition) is 1. The zero-order chi connectivity index (χ0) is 15.6. The molecule has 0 aromatic heterocycles. The van der Waals surface area contributed by atoms with Crippen LogP contribution in [0.5, 0.6) is 11.5 Å². The number of para-hydroxylation sites is 1. The van der Waals surface area contributed by atoms with Gasteiger partial charge in [0.2, 0.25) is 5.75 Å². The Hall–Kier alpha value is -2.96. The molecule has 0 aliphatic heterocycles. The van der Waals surface area contributed by atoms with Gasteiger partial charge >= 0.3 is 11.7 Å². The van der Waals surface area contributed by atoms with Crippen molar-refractivity contribution in [3.8, 4) is 11.5 Å². The standard InChI is InChI=1S/C14H10FNO5/c1-8-4-2-3-5-12(8)21-13-6-9(14(17)18)10(15)7-11(13)16(19)20/h2-7H,1H3,(H,17,18). The number of carboxylic acids is 1. The molecule has 0 radical (unpaired) electrons. The molecule has 0 atom stereocenters. The van der Waals surface area contributed by atoms with E-state index in [1.165, 1.54) is 0 Å². The first kappa shape index (κ1) is 14.4. The number of ether oxygens (including phenoxy) is 1. The molecule has 2 aromatic carbocycles. The number of benzene rings is 2. The lowest BCUT2D eigenvalue weighted by Gasteiger charge is -2.09. The third kappa shape index (κ3) is 2.97. The van der Waals surface area contributed by atoms with Crippen molar-refractivity contribution in [3.63, 3.8) is 0 Å². The Morgan fingerprint density at radius 1 is 1.29 bits per heavy atom. The maximum Gasteiger partial charge on any atom is 0.338 e. The van der Waals surface area contributed by atoms with Crippen molar-refractivity contribution in [2.45, 2.75) is 6.92 Å². The van der Waals surface area contributed by atoms with Gasteiger partial charge in [-0.3, -0.25) is 10.1 Å². The summed E-state index contributed by atoms with van der Waals surface area (Å²) < 4.78 is 18.9. The number of nitrogens with zero attached hydrogens (tertiary/aromatic N) is 1. The molecule has 0 fully saturated rings. The third-order valence-corrected chi connectivity index (χ3v) is 2.79. The number of aromatic carboxylic acids is 1. The first-order chi connectivity index (χ1) is 9.90. The fraction of sp³-hybridized carbons (Fsp3) is 0.0714. The molecule has 0 aliphatic carbocycles. The smallest absolute Gasteiger partial charge is 0.338 e. The van der Waals surface area contributed by atoms with Crippen molar-refractivity contribution in [2.75, 3.05) is 0 Å². The van der Waals surface area contributed by atoms with Gasteiger partial charge in [0.1, 0.15) is 11.6 Å². The summed E-state index contributed by atoms with van der Waals surface area (Å²) >= 11 is 0. The van der Waals surface area contributed by atoms with Gasteiger partial charge in [-0.15, -0.1) is 0 Å². The van der Waals surface area contributed by atoms with Gasteiger partial charge in [0.25, 0.3) is 0 Å². The molecular weight excluding hydrogens is 281 g/mol. The first-order valence-electron chi connectivity index (χ1n) is 5.85.